The lowest BCUT2D eigenvalue weighted by molar-refractivity contribution is -0.128. The van der Waals surface area contributed by atoms with E-state index in [4.69, 9.17) is 5.11 Å². The number of aromatic nitrogens is 2. The SMILES string of the molecule is CN(C)C(=O)CCNC(=O)c1nc[nH]c1C(=O)O. The molecule has 1 aromatic heterocycles. The lowest BCUT2D eigenvalue weighted by Gasteiger charge is -2.10. The number of imidazole rings is 1. The van der Waals surface area contributed by atoms with Gasteiger partial charge in [0.15, 0.2) is 11.4 Å². The Labute approximate surface area is 103 Å². The Bertz CT molecular complexity index is 466. The Balaban J connectivity index is 2.53. The van der Waals surface area contributed by atoms with E-state index < -0.39 is 11.9 Å². The molecular formula is C10H14N4O4. The molecule has 98 valence electrons. The van der Waals surface area contributed by atoms with Crippen molar-refractivity contribution in [1.29, 1.82) is 0 Å². The van der Waals surface area contributed by atoms with E-state index in [1.54, 1.807) is 14.1 Å². The van der Waals surface area contributed by atoms with Crippen LogP contribution >= 0.6 is 0 Å². The highest BCUT2D eigenvalue weighted by Crippen LogP contribution is 2.02. The third-order valence-electron chi connectivity index (χ3n) is 2.19. The van der Waals surface area contributed by atoms with Crippen LogP contribution in [-0.4, -0.2) is 58.4 Å². The number of hydrogen-bond donors (Lipinski definition) is 3. The summed E-state index contributed by atoms with van der Waals surface area (Å²) in [6.45, 7) is 0.127. The van der Waals surface area contributed by atoms with Crippen molar-refractivity contribution < 1.29 is 19.5 Å². The average Bonchev–Trinajstić information content (AvgIpc) is 2.77. The normalized spacial score (nSPS) is 9.89. The van der Waals surface area contributed by atoms with Crippen molar-refractivity contribution in [3.8, 4) is 0 Å². The molecule has 18 heavy (non-hydrogen) atoms. The van der Waals surface area contributed by atoms with Gasteiger partial charge in [0.2, 0.25) is 5.91 Å². The van der Waals surface area contributed by atoms with Crippen molar-refractivity contribution in [2.45, 2.75) is 6.42 Å². The van der Waals surface area contributed by atoms with Crippen molar-refractivity contribution in [3.05, 3.63) is 17.7 Å². The van der Waals surface area contributed by atoms with Crippen LogP contribution in [0.5, 0.6) is 0 Å². The summed E-state index contributed by atoms with van der Waals surface area (Å²) < 4.78 is 0. The highest BCUT2D eigenvalue weighted by Gasteiger charge is 2.19. The second-order valence-corrected chi connectivity index (χ2v) is 3.73. The van der Waals surface area contributed by atoms with Gasteiger partial charge in [0.05, 0.1) is 6.33 Å². The van der Waals surface area contributed by atoms with Crippen molar-refractivity contribution in [3.63, 3.8) is 0 Å². The van der Waals surface area contributed by atoms with Gasteiger partial charge in [0.1, 0.15) is 0 Å². The van der Waals surface area contributed by atoms with E-state index in [9.17, 15) is 14.4 Å². The van der Waals surface area contributed by atoms with Crippen LogP contribution in [0.2, 0.25) is 0 Å². The number of carbonyl (C=O) groups is 3. The van der Waals surface area contributed by atoms with Crippen LogP contribution in [0.1, 0.15) is 27.4 Å². The predicted octanol–water partition coefficient (Wildman–Crippen LogP) is -0.684. The summed E-state index contributed by atoms with van der Waals surface area (Å²) in [6, 6.07) is 0. The number of aromatic carboxylic acids is 1. The number of amides is 2. The van der Waals surface area contributed by atoms with E-state index in [0.717, 1.165) is 6.33 Å². The van der Waals surface area contributed by atoms with E-state index in [2.05, 4.69) is 15.3 Å². The lowest BCUT2D eigenvalue weighted by atomic mass is 10.3. The van der Waals surface area contributed by atoms with Gasteiger partial charge in [-0.1, -0.05) is 0 Å². The fraction of sp³-hybridized carbons (Fsp3) is 0.400. The summed E-state index contributed by atoms with van der Waals surface area (Å²) in [6.07, 6.45) is 1.27. The second-order valence-electron chi connectivity index (χ2n) is 3.73. The molecule has 1 heterocycles. The van der Waals surface area contributed by atoms with Crippen LogP contribution in [0.4, 0.5) is 0 Å². The first-order valence-electron chi connectivity index (χ1n) is 5.18. The van der Waals surface area contributed by atoms with Gasteiger partial charge in [-0.15, -0.1) is 0 Å². The standard InChI is InChI=1S/C10H14N4O4/c1-14(2)6(15)3-4-11-9(16)7-8(10(17)18)13-5-12-7/h5H,3-4H2,1-2H3,(H,11,16)(H,12,13)(H,17,18). The highest BCUT2D eigenvalue weighted by atomic mass is 16.4. The molecular weight excluding hydrogens is 240 g/mol. The number of H-pyrrole nitrogens is 1. The Kier molecular flexibility index (Phi) is 4.41. The first-order chi connectivity index (χ1) is 8.43. The monoisotopic (exact) mass is 254 g/mol. The summed E-state index contributed by atoms with van der Waals surface area (Å²) in [7, 11) is 3.22. The smallest absolute Gasteiger partial charge is 0.354 e. The van der Waals surface area contributed by atoms with Crippen LogP contribution in [0, 0.1) is 0 Å². The molecule has 8 heteroatoms. The second kappa shape index (κ2) is 5.80. The van der Waals surface area contributed by atoms with Crippen LogP contribution < -0.4 is 5.32 Å². The molecule has 0 saturated carbocycles. The van der Waals surface area contributed by atoms with Crippen molar-refractivity contribution in [2.75, 3.05) is 20.6 Å². The molecule has 0 spiro atoms. The number of nitrogens with one attached hydrogen (secondary N) is 2. The molecule has 2 amide bonds. The van der Waals surface area contributed by atoms with Crippen LogP contribution in [0.25, 0.3) is 0 Å². The average molecular weight is 254 g/mol. The molecule has 0 saturated heterocycles. The summed E-state index contributed by atoms with van der Waals surface area (Å²) in [5, 5.41) is 11.2. The summed E-state index contributed by atoms with van der Waals surface area (Å²) >= 11 is 0. The Hall–Kier alpha value is -2.38. The third-order valence-corrected chi connectivity index (χ3v) is 2.19. The largest absolute Gasteiger partial charge is 0.477 e. The van der Waals surface area contributed by atoms with Crippen LogP contribution in [0.3, 0.4) is 0 Å². The minimum Gasteiger partial charge on any atom is -0.477 e. The predicted molar refractivity (Wildman–Crippen MR) is 61.2 cm³/mol. The zero-order chi connectivity index (χ0) is 13.7. The van der Waals surface area contributed by atoms with Gasteiger partial charge in [0, 0.05) is 27.1 Å². The molecule has 0 aliphatic heterocycles. The quantitative estimate of drug-likeness (QED) is 0.643. The first kappa shape index (κ1) is 13.7. The number of aromatic amines is 1. The molecule has 0 aliphatic carbocycles. The van der Waals surface area contributed by atoms with Crippen LogP contribution in [-0.2, 0) is 4.79 Å². The van der Waals surface area contributed by atoms with Gasteiger partial charge in [-0.05, 0) is 0 Å². The molecule has 0 atom stereocenters. The number of hydrogen-bond acceptors (Lipinski definition) is 4. The molecule has 3 N–H and O–H groups in total. The zero-order valence-corrected chi connectivity index (χ0v) is 10.1. The molecule has 0 unspecified atom stereocenters. The molecule has 0 aliphatic rings. The highest BCUT2D eigenvalue weighted by molar-refractivity contribution is 6.02. The molecule has 8 nitrogen and oxygen atoms in total. The molecule has 0 aromatic carbocycles. The Morgan fingerprint density at radius 2 is 2.11 bits per heavy atom. The maximum atomic E-state index is 11.6. The number of nitrogens with zero attached hydrogens (tertiary/aromatic N) is 2. The summed E-state index contributed by atoms with van der Waals surface area (Å²) in [4.78, 5) is 41.0. The minimum absolute atomic E-state index is 0.127. The minimum atomic E-state index is -1.26. The van der Waals surface area contributed by atoms with Gasteiger partial charge in [-0.3, -0.25) is 9.59 Å². The summed E-state index contributed by atoms with van der Waals surface area (Å²) in [5.41, 5.74) is -0.466. The van der Waals surface area contributed by atoms with Gasteiger partial charge in [-0.2, -0.15) is 0 Å². The zero-order valence-electron chi connectivity index (χ0n) is 10.1. The van der Waals surface area contributed by atoms with Gasteiger partial charge >= 0.3 is 5.97 Å². The third kappa shape index (κ3) is 3.30. The molecule has 1 aromatic rings. The maximum absolute atomic E-state index is 11.6. The van der Waals surface area contributed by atoms with E-state index in [1.807, 2.05) is 0 Å². The van der Waals surface area contributed by atoms with Gasteiger partial charge in [0.25, 0.3) is 5.91 Å². The van der Waals surface area contributed by atoms with E-state index >= 15 is 0 Å². The lowest BCUT2D eigenvalue weighted by Crippen LogP contribution is -2.31. The molecule has 0 radical (unpaired) electrons. The number of carboxylic acids is 1. The van der Waals surface area contributed by atoms with Crippen LogP contribution in [0.15, 0.2) is 6.33 Å². The van der Waals surface area contributed by atoms with Crippen molar-refractivity contribution in [1.82, 2.24) is 20.2 Å². The van der Waals surface area contributed by atoms with E-state index in [0.29, 0.717) is 0 Å². The fourth-order valence-corrected chi connectivity index (χ4v) is 1.22. The Morgan fingerprint density at radius 3 is 2.67 bits per heavy atom. The maximum Gasteiger partial charge on any atom is 0.354 e. The van der Waals surface area contributed by atoms with Crippen molar-refractivity contribution >= 4 is 17.8 Å². The van der Waals surface area contributed by atoms with Gasteiger partial charge in [-0.25, -0.2) is 9.78 Å². The van der Waals surface area contributed by atoms with Crippen molar-refractivity contribution in [2.24, 2.45) is 0 Å². The fourth-order valence-electron chi connectivity index (χ4n) is 1.22. The number of carbonyl (C=O) groups excluding carboxylic acids is 2. The summed E-state index contributed by atoms with van der Waals surface area (Å²) in [5.74, 6) is -2.02. The van der Waals surface area contributed by atoms with E-state index in [-0.39, 0.29) is 30.3 Å². The topological polar surface area (TPSA) is 115 Å². The molecule has 0 fully saturated rings. The Morgan fingerprint density at radius 1 is 1.44 bits per heavy atom. The molecule has 0 bridgehead atoms. The number of rotatable bonds is 5. The molecule has 1 rings (SSSR count). The number of carboxylic acid groups (broad SMARTS) is 1. The van der Waals surface area contributed by atoms with Gasteiger partial charge < -0.3 is 20.3 Å². The van der Waals surface area contributed by atoms with E-state index in [1.165, 1.54) is 4.90 Å². The first-order valence-corrected chi connectivity index (χ1v) is 5.18.